The van der Waals surface area contributed by atoms with E-state index >= 15 is 0 Å². The van der Waals surface area contributed by atoms with E-state index in [2.05, 4.69) is 0 Å². The number of nitrogens with zero attached hydrogens (tertiary/aromatic N) is 1. The molecule has 4 heteroatoms. The summed E-state index contributed by atoms with van der Waals surface area (Å²) in [6.45, 7) is 7.36. The van der Waals surface area contributed by atoms with Gasteiger partial charge < -0.3 is 9.64 Å². The van der Waals surface area contributed by atoms with E-state index in [0.29, 0.717) is 26.1 Å². The topological polar surface area (TPSA) is 46.6 Å². The summed E-state index contributed by atoms with van der Waals surface area (Å²) in [6, 6.07) is 9.60. The van der Waals surface area contributed by atoms with Gasteiger partial charge in [-0.3, -0.25) is 9.59 Å². The molecule has 1 saturated carbocycles. The minimum atomic E-state index is -0.723. The maximum absolute atomic E-state index is 12.9. The normalized spacial score (nSPS) is 23.5. The predicted octanol–water partition coefficient (Wildman–Crippen LogP) is 2.38. The zero-order valence-corrected chi connectivity index (χ0v) is 13.0. The molecule has 0 unspecified atom stereocenters. The second-order valence-electron chi connectivity index (χ2n) is 5.32. The maximum Gasteiger partial charge on any atom is 0.310 e. The number of benzene rings is 1. The van der Waals surface area contributed by atoms with Gasteiger partial charge in [-0.25, -0.2) is 0 Å². The van der Waals surface area contributed by atoms with Crippen molar-refractivity contribution in [2.45, 2.75) is 32.6 Å². The van der Waals surface area contributed by atoms with Gasteiger partial charge in [-0.15, -0.1) is 0 Å². The van der Waals surface area contributed by atoms with E-state index in [1.807, 2.05) is 44.2 Å². The molecular formula is C17H23NO3. The quantitative estimate of drug-likeness (QED) is 0.755. The Morgan fingerprint density at radius 2 is 1.81 bits per heavy atom. The Labute approximate surface area is 126 Å². The third kappa shape index (κ3) is 2.67. The van der Waals surface area contributed by atoms with Crippen molar-refractivity contribution in [3.63, 3.8) is 0 Å². The molecule has 1 fully saturated rings. The number of ether oxygens (including phenoxy) is 1. The Kier molecular flexibility index (Phi) is 4.66. The maximum atomic E-state index is 12.9. The molecule has 114 valence electrons. The van der Waals surface area contributed by atoms with Crippen LogP contribution in [0.5, 0.6) is 0 Å². The van der Waals surface area contributed by atoms with Crippen molar-refractivity contribution in [2.75, 3.05) is 19.7 Å². The lowest BCUT2D eigenvalue weighted by atomic mass is 9.91. The van der Waals surface area contributed by atoms with Crippen LogP contribution in [0.2, 0.25) is 0 Å². The highest BCUT2D eigenvalue weighted by atomic mass is 16.5. The number of hydrogen-bond donors (Lipinski definition) is 0. The minimum Gasteiger partial charge on any atom is -0.466 e. The summed E-state index contributed by atoms with van der Waals surface area (Å²) in [7, 11) is 0. The van der Waals surface area contributed by atoms with Gasteiger partial charge in [0.2, 0.25) is 5.91 Å². The fourth-order valence-corrected chi connectivity index (χ4v) is 3.00. The Hall–Kier alpha value is -1.84. The molecule has 0 radical (unpaired) electrons. The van der Waals surface area contributed by atoms with E-state index in [9.17, 15) is 9.59 Å². The number of hydrogen-bond acceptors (Lipinski definition) is 3. The Balaban J connectivity index is 2.34. The zero-order valence-electron chi connectivity index (χ0n) is 13.0. The number of esters is 1. The van der Waals surface area contributed by atoms with Crippen LogP contribution in [0.15, 0.2) is 30.3 Å². The van der Waals surface area contributed by atoms with E-state index in [0.717, 1.165) is 5.56 Å². The number of amides is 1. The molecule has 0 aliphatic heterocycles. The van der Waals surface area contributed by atoms with E-state index in [1.54, 1.807) is 11.8 Å². The second kappa shape index (κ2) is 6.29. The lowest BCUT2D eigenvalue weighted by molar-refractivity contribution is -0.147. The highest BCUT2D eigenvalue weighted by molar-refractivity contribution is 5.99. The van der Waals surface area contributed by atoms with Crippen molar-refractivity contribution in [3.8, 4) is 0 Å². The molecule has 0 saturated heterocycles. The first kappa shape index (κ1) is 15.5. The average Bonchev–Trinajstić information content (AvgIpc) is 3.26. The van der Waals surface area contributed by atoms with Gasteiger partial charge in [0.25, 0.3) is 0 Å². The molecule has 1 aliphatic carbocycles. The molecule has 0 heterocycles. The molecule has 0 spiro atoms. The molecule has 0 bridgehead atoms. The van der Waals surface area contributed by atoms with Crippen LogP contribution in [0, 0.1) is 5.92 Å². The van der Waals surface area contributed by atoms with Crippen LogP contribution in [-0.4, -0.2) is 36.5 Å². The van der Waals surface area contributed by atoms with Crippen molar-refractivity contribution >= 4 is 11.9 Å². The largest absolute Gasteiger partial charge is 0.466 e. The highest BCUT2D eigenvalue weighted by Gasteiger charge is 2.66. The van der Waals surface area contributed by atoms with Gasteiger partial charge >= 0.3 is 5.97 Å². The van der Waals surface area contributed by atoms with Crippen molar-refractivity contribution in [2.24, 2.45) is 5.92 Å². The third-order valence-electron chi connectivity index (χ3n) is 4.25. The van der Waals surface area contributed by atoms with Gasteiger partial charge in [-0.1, -0.05) is 30.3 Å². The summed E-state index contributed by atoms with van der Waals surface area (Å²) in [5.41, 5.74) is 0.194. The Morgan fingerprint density at radius 3 is 2.33 bits per heavy atom. The molecule has 1 aliphatic rings. The van der Waals surface area contributed by atoms with Crippen LogP contribution in [0.4, 0.5) is 0 Å². The number of carbonyl (C=O) groups is 2. The van der Waals surface area contributed by atoms with Crippen LogP contribution in [0.1, 0.15) is 32.8 Å². The van der Waals surface area contributed by atoms with Crippen molar-refractivity contribution < 1.29 is 14.3 Å². The first-order valence-electron chi connectivity index (χ1n) is 7.63. The third-order valence-corrected chi connectivity index (χ3v) is 4.25. The summed E-state index contributed by atoms with van der Waals surface area (Å²) < 4.78 is 5.13. The molecule has 2 atom stereocenters. The van der Waals surface area contributed by atoms with E-state index < -0.39 is 5.41 Å². The monoisotopic (exact) mass is 289 g/mol. The number of rotatable bonds is 6. The smallest absolute Gasteiger partial charge is 0.310 e. The van der Waals surface area contributed by atoms with Gasteiger partial charge in [-0.05, 0) is 32.8 Å². The van der Waals surface area contributed by atoms with Gasteiger partial charge in [0.05, 0.1) is 17.9 Å². The minimum absolute atomic E-state index is 0.0387. The first-order valence-corrected chi connectivity index (χ1v) is 7.63. The molecule has 0 N–H and O–H groups in total. The zero-order chi connectivity index (χ0) is 15.5. The first-order chi connectivity index (χ1) is 10.1. The highest BCUT2D eigenvalue weighted by Crippen LogP contribution is 2.56. The fourth-order valence-electron chi connectivity index (χ4n) is 3.00. The lowest BCUT2D eigenvalue weighted by Crippen LogP contribution is -2.41. The van der Waals surface area contributed by atoms with Gasteiger partial charge in [-0.2, -0.15) is 0 Å². The summed E-state index contributed by atoms with van der Waals surface area (Å²) in [5, 5.41) is 0. The van der Waals surface area contributed by atoms with Crippen LogP contribution in [-0.2, 0) is 19.7 Å². The fraction of sp³-hybridized carbons (Fsp3) is 0.529. The molecule has 0 aromatic heterocycles. The number of likely N-dealkylation sites (N-methyl/N-ethyl adjacent to an activating group) is 1. The van der Waals surface area contributed by atoms with Crippen molar-refractivity contribution in [1.29, 1.82) is 0 Å². The van der Waals surface area contributed by atoms with Gasteiger partial charge in [0, 0.05) is 13.1 Å². The molecule has 4 nitrogen and oxygen atoms in total. The van der Waals surface area contributed by atoms with Crippen LogP contribution in [0.25, 0.3) is 0 Å². The summed E-state index contributed by atoms with van der Waals surface area (Å²) in [5.74, 6) is -0.577. The molecule has 1 aromatic rings. The van der Waals surface area contributed by atoms with Crippen molar-refractivity contribution in [3.05, 3.63) is 35.9 Å². The predicted molar refractivity (Wildman–Crippen MR) is 80.8 cm³/mol. The SMILES string of the molecule is CCOC(=O)[C@@H]1C[C@@]1(C(=O)N(CC)CC)c1ccccc1. The summed E-state index contributed by atoms with van der Waals surface area (Å²) in [4.78, 5) is 26.8. The van der Waals surface area contributed by atoms with E-state index in [1.165, 1.54) is 0 Å². The second-order valence-corrected chi connectivity index (χ2v) is 5.32. The van der Waals surface area contributed by atoms with E-state index in [-0.39, 0.29) is 17.8 Å². The molecule has 2 rings (SSSR count). The molecule has 1 amide bonds. The van der Waals surface area contributed by atoms with Crippen LogP contribution in [0.3, 0.4) is 0 Å². The average molecular weight is 289 g/mol. The van der Waals surface area contributed by atoms with Gasteiger partial charge in [0.1, 0.15) is 0 Å². The summed E-state index contributed by atoms with van der Waals surface area (Å²) >= 11 is 0. The molecule has 21 heavy (non-hydrogen) atoms. The molecule has 1 aromatic carbocycles. The number of carbonyl (C=O) groups excluding carboxylic acids is 2. The van der Waals surface area contributed by atoms with E-state index in [4.69, 9.17) is 4.74 Å². The van der Waals surface area contributed by atoms with Crippen LogP contribution < -0.4 is 0 Å². The lowest BCUT2D eigenvalue weighted by Gasteiger charge is -2.26. The summed E-state index contributed by atoms with van der Waals surface area (Å²) in [6.07, 6.45) is 0.547. The molecular weight excluding hydrogens is 266 g/mol. The Morgan fingerprint density at radius 1 is 1.19 bits per heavy atom. The van der Waals surface area contributed by atoms with Crippen molar-refractivity contribution in [1.82, 2.24) is 4.90 Å². The Bertz CT molecular complexity index is 510. The van der Waals surface area contributed by atoms with Gasteiger partial charge in [0.15, 0.2) is 0 Å². The van der Waals surface area contributed by atoms with Crippen LogP contribution >= 0.6 is 0 Å². The standard InChI is InChI=1S/C17H23NO3/c1-4-18(5-2)16(20)17(13-10-8-7-9-11-13)12-14(17)15(19)21-6-3/h7-11,14H,4-6,12H2,1-3H3/t14-,17+/m0/s1.